The van der Waals surface area contributed by atoms with Crippen molar-refractivity contribution in [1.29, 1.82) is 0 Å². The minimum atomic E-state index is -0.896. The molecule has 0 aliphatic carbocycles. The average molecular weight is 284 g/mol. The third-order valence-electron chi connectivity index (χ3n) is 3.58. The molecule has 1 atom stereocenters. The van der Waals surface area contributed by atoms with Crippen molar-refractivity contribution in [3.05, 3.63) is 65.0 Å². The Morgan fingerprint density at radius 3 is 2.90 bits per heavy atom. The summed E-state index contributed by atoms with van der Waals surface area (Å²) in [4.78, 5) is 15.1. The van der Waals surface area contributed by atoms with Crippen LogP contribution in [0.25, 0.3) is 0 Å². The summed E-state index contributed by atoms with van der Waals surface area (Å²) in [5, 5.41) is 12.4. The Labute approximate surface area is 124 Å². The number of nitrogens with one attached hydrogen (secondary N) is 1. The summed E-state index contributed by atoms with van der Waals surface area (Å²) in [5.74, 6) is -0.896. The van der Waals surface area contributed by atoms with Crippen LogP contribution in [0.2, 0.25) is 0 Å². The van der Waals surface area contributed by atoms with Gasteiger partial charge in [0.1, 0.15) is 0 Å². The van der Waals surface area contributed by atoms with E-state index < -0.39 is 5.97 Å². The molecule has 1 heterocycles. The lowest BCUT2D eigenvalue weighted by molar-refractivity contribution is 0.0696. The number of aromatic nitrogens is 1. The van der Waals surface area contributed by atoms with Crippen molar-refractivity contribution >= 4 is 5.97 Å². The summed E-state index contributed by atoms with van der Waals surface area (Å²) in [6.07, 6.45) is 4.65. The van der Waals surface area contributed by atoms with E-state index >= 15 is 0 Å². The number of carbonyl (C=O) groups is 1. The van der Waals surface area contributed by atoms with Gasteiger partial charge >= 0.3 is 5.97 Å². The molecule has 0 amide bonds. The quantitative estimate of drug-likeness (QED) is 0.855. The normalized spacial score (nSPS) is 12.1. The smallest absolute Gasteiger partial charge is 0.335 e. The van der Waals surface area contributed by atoms with Gasteiger partial charge in [0.2, 0.25) is 0 Å². The van der Waals surface area contributed by atoms with E-state index in [1.165, 1.54) is 11.1 Å². The molecule has 0 aliphatic heterocycles. The van der Waals surface area contributed by atoms with Crippen LogP contribution in [0.3, 0.4) is 0 Å². The predicted molar refractivity (Wildman–Crippen MR) is 82.3 cm³/mol. The Bertz CT molecular complexity index is 626. The summed E-state index contributed by atoms with van der Waals surface area (Å²) in [5.41, 5.74) is 3.76. The van der Waals surface area contributed by atoms with Crippen LogP contribution in [-0.2, 0) is 13.0 Å². The second kappa shape index (κ2) is 6.99. The summed E-state index contributed by atoms with van der Waals surface area (Å²) < 4.78 is 0. The van der Waals surface area contributed by atoms with Crippen molar-refractivity contribution in [2.24, 2.45) is 0 Å². The summed E-state index contributed by atoms with van der Waals surface area (Å²) in [7, 11) is 0. The van der Waals surface area contributed by atoms with Gasteiger partial charge in [-0.25, -0.2) is 4.79 Å². The fraction of sp³-hybridized carbons (Fsp3) is 0.294. The number of nitrogens with zero attached hydrogens (tertiary/aromatic N) is 1. The van der Waals surface area contributed by atoms with Crippen molar-refractivity contribution in [2.45, 2.75) is 32.9 Å². The highest BCUT2D eigenvalue weighted by atomic mass is 16.4. The lowest BCUT2D eigenvalue weighted by Gasteiger charge is -2.17. The maximum absolute atomic E-state index is 11.0. The van der Waals surface area contributed by atoms with Gasteiger partial charge < -0.3 is 10.4 Å². The Morgan fingerprint density at radius 1 is 1.38 bits per heavy atom. The molecule has 0 spiro atoms. The molecule has 0 radical (unpaired) electrons. The monoisotopic (exact) mass is 284 g/mol. The molecule has 0 aliphatic rings. The van der Waals surface area contributed by atoms with Gasteiger partial charge in [-0.2, -0.15) is 0 Å². The molecular weight excluding hydrogens is 264 g/mol. The highest BCUT2D eigenvalue weighted by Gasteiger charge is 2.10. The number of aromatic carboxylic acids is 1. The molecule has 21 heavy (non-hydrogen) atoms. The first-order valence-corrected chi connectivity index (χ1v) is 7.10. The van der Waals surface area contributed by atoms with Crippen LogP contribution in [-0.4, -0.2) is 16.1 Å². The average Bonchev–Trinajstić information content (AvgIpc) is 2.52. The van der Waals surface area contributed by atoms with E-state index in [1.54, 1.807) is 24.4 Å². The minimum Gasteiger partial charge on any atom is -0.478 e. The zero-order valence-electron chi connectivity index (χ0n) is 12.3. The molecule has 110 valence electrons. The molecule has 2 rings (SSSR count). The Morgan fingerprint density at radius 2 is 2.19 bits per heavy atom. The number of hydrogen-bond donors (Lipinski definition) is 2. The first-order valence-electron chi connectivity index (χ1n) is 7.10. The van der Waals surface area contributed by atoms with E-state index in [-0.39, 0.29) is 6.04 Å². The van der Waals surface area contributed by atoms with Gasteiger partial charge in [0.15, 0.2) is 0 Å². The number of carboxylic acid groups (broad SMARTS) is 1. The Hall–Kier alpha value is -2.20. The maximum atomic E-state index is 11.0. The molecule has 1 unspecified atom stereocenters. The van der Waals surface area contributed by atoms with Gasteiger partial charge in [-0.15, -0.1) is 0 Å². The van der Waals surface area contributed by atoms with E-state index in [4.69, 9.17) is 5.11 Å². The number of pyridine rings is 1. The first-order chi connectivity index (χ1) is 10.1. The fourth-order valence-corrected chi connectivity index (χ4v) is 2.35. The number of hydrogen-bond acceptors (Lipinski definition) is 3. The van der Waals surface area contributed by atoms with Gasteiger partial charge in [-0.3, -0.25) is 4.98 Å². The van der Waals surface area contributed by atoms with E-state index in [2.05, 4.69) is 24.1 Å². The molecule has 1 aromatic heterocycles. The molecule has 2 N–H and O–H groups in total. The van der Waals surface area contributed by atoms with Crippen molar-refractivity contribution in [3.8, 4) is 0 Å². The van der Waals surface area contributed by atoms with Gasteiger partial charge in [0.05, 0.1) is 5.56 Å². The van der Waals surface area contributed by atoms with Gasteiger partial charge in [0.25, 0.3) is 0 Å². The highest BCUT2D eigenvalue weighted by Crippen LogP contribution is 2.18. The highest BCUT2D eigenvalue weighted by molar-refractivity contribution is 5.87. The van der Waals surface area contributed by atoms with Crippen molar-refractivity contribution < 1.29 is 9.90 Å². The van der Waals surface area contributed by atoms with Crippen LogP contribution in [0.4, 0.5) is 0 Å². The largest absolute Gasteiger partial charge is 0.478 e. The maximum Gasteiger partial charge on any atom is 0.335 e. The van der Waals surface area contributed by atoms with Crippen LogP contribution in [0, 0.1) is 0 Å². The molecule has 2 aromatic rings. The number of benzene rings is 1. The molecule has 0 bridgehead atoms. The van der Waals surface area contributed by atoms with Crippen LogP contribution >= 0.6 is 0 Å². The van der Waals surface area contributed by atoms with E-state index in [9.17, 15) is 4.79 Å². The minimum absolute atomic E-state index is 0.191. The second-order valence-electron chi connectivity index (χ2n) is 5.04. The van der Waals surface area contributed by atoms with Crippen molar-refractivity contribution in [3.63, 3.8) is 0 Å². The molecule has 0 fully saturated rings. The van der Waals surface area contributed by atoms with Crippen LogP contribution < -0.4 is 5.32 Å². The van der Waals surface area contributed by atoms with Crippen LogP contribution in [0.1, 0.15) is 46.9 Å². The number of rotatable bonds is 6. The molecular formula is C17H20N2O2. The van der Waals surface area contributed by atoms with E-state index in [0.29, 0.717) is 12.1 Å². The third kappa shape index (κ3) is 3.89. The standard InChI is InChI=1S/C17H20N2O2/c1-3-14-11-18-8-7-16(14)12(2)19-10-13-5-4-6-15(9-13)17(20)21/h4-9,11-12,19H,3,10H2,1-2H3,(H,20,21). The van der Waals surface area contributed by atoms with Gasteiger partial charge in [-0.1, -0.05) is 19.1 Å². The van der Waals surface area contributed by atoms with Crippen LogP contribution in [0.15, 0.2) is 42.7 Å². The number of carboxylic acids is 1. The summed E-state index contributed by atoms with van der Waals surface area (Å²) in [6, 6.07) is 9.23. The molecule has 4 heteroatoms. The zero-order chi connectivity index (χ0) is 15.2. The molecule has 1 aromatic carbocycles. The lowest BCUT2D eigenvalue weighted by Crippen LogP contribution is -2.19. The van der Waals surface area contributed by atoms with E-state index in [0.717, 1.165) is 12.0 Å². The van der Waals surface area contributed by atoms with Gasteiger partial charge in [0, 0.05) is 25.0 Å². The van der Waals surface area contributed by atoms with Crippen molar-refractivity contribution in [1.82, 2.24) is 10.3 Å². The number of aryl methyl sites for hydroxylation is 1. The fourth-order valence-electron chi connectivity index (χ4n) is 2.35. The first kappa shape index (κ1) is 15.2. The topological polar surface area (TPSA) is 62.2 Å². The Kier molecular flexibility index (Phi) is 5.06. The molecule has 0 saturated carbocycles. The van der Waals surface area contributed by atoms with Crippen LogP contribution in [0.5, 0.6) is 0 Å². The summed E-state index contributed by atoms with van der Waals surface area (Å²) in [6.45, 7) is 4.85. The Balaban J connectivity index is 2.05. The zero-order valence-corrected chi connectivity index (χ0v) is 12.3. The van der Waals surface area contributed by atoms with Gasteiger partial charge in [-0.05, 0) is 48.2 Å². The lowest BCUT2D eigenvalue weighted by atomic mass is 10.0. The second-order valence-corrected chi connectivity index (χ2v) is 5.04. The molecule has 4 nitrogen and oxygen atoms in total. The summed E-state index contributed by atoms with van der Waals surface area (Å²) >= 11 is 0. The molecule has 0 saturated heterocycles. The van der Waals surface area contributed by atoms with E-state index in [1.807, 2.05) is 18.3 Å². The SMILES string of the molecule is CCc1cnccc1C(C)NCc1cccc(C(=O)O)c1. The van der Waals surface area contributed by atoms with Crippen molar-refractivity contribution in [2.75, 3.05) is 0 Å². The predicted octanol–water partition coefficient (Wildman–Crippen LogP) is 3.19. The third-order valence-corrected chi connectivity index (χ3v) is 3.58.